The zero-order valence-electron chi connectivity index (χ0n) is 12.2. The lowest BCUT2D eigenvalue weighted by Gasteiger charge is -2.08. The maximum atomic E-state index is 9.98. The van der Waals surface area contributed by atoms with Crippen molar-refractivity contribution in [3.63, 3.8) is 0 Å². The Morgan fingerprint density at radius 3 is 2.62 bits per heavy atom. The van der Waals surface area contributed by atoms with Crippen molar-refractivity contribution in [2.45, 2.75) is 13.5 Å². The first-order valence-electron chi connectivity index (χ1n) is 6.82. The second-order valence-corrected chi connectivity index (χ2v) is 4.41. The summed E-state index contributed by atoms with van der Waals surface area (Å²) in [6, 6.07) is 13.1. The molecule has 4 nitrogen and oxygen atoms in total. The molecule has 0 bridgehead atoms. The van der Waals surface area contributed by atoms with Gasteiger partial charge in [-0.2, -0.15) is 0 Å². The van der Waals surface area contributed by atoms with Crippen molar-refractivity contribution in [2.75, 3.05) is 13.7 Å². The highest BCUT2D eigenvalue weighted by atomic mass is 16.5. The molecule has 0 aliphatic carbocycles. The molecule has 1 N–H and O–H groups in total. The van der Waals surface area contributed by atoms with Gasteiger partial charge in [0.2, 0.25) is 0 Å². The summed E-state index contributed by atoms with van der Waals surface area (Å²) in [5.74, 6) is 1.38. The zero-order chi connectivity index (χ0) is 15.1. The van der Waals surface area contributed by atoms with E-state index in [0.29, 0.717) is 24.5 Å². The Balaban J connectivity index is 2.13. The van der Waals surface area contributed by atoms with Crippen LogP contribution < -0.4 is 9.47 Å². The summed E-state index contributed by atoms with van der Waals surface area (Å²) in [5.41, 5.74) is 1.64. The Morgan fingerprint density at radius 2 is 1.86 bits per heavy atom. The number of methoxy groups -OCH3 is 1. The number of hydrogen-bond acceptors (Lipinski definition) is 4. The van der Waals surface area contributed by atoms with Crippen molar-refractivity contribution < 1.29 is 14.6 Å². The summed E-state index contributed by atoms with van der Waals surface area (Å²) >= 11 is 0. The lowest BCUT2D eigenvalue weighted by atomic mass is 10.2. The predicted molar refractivity (Wildman–Crippen MR) is 83.6 cm³/mol. The van der Waals surface area contributed by atoms with Crippen LogP contribution in [0.4, 0.5) is 0 Å². The largest absolute Gasteiger partial charge is 0.504 e. The maximum absolute atomic E-state index is 9.98. The standard InChI is InChI=1S/C17H19NO3/c1-3-21-15-9-5-4-7-13(15)11-18-12-14-8-6-10-16(20-2)17(14)19/h4-10,12,19H,3,11H2,1-2H3. The number of ether oxygens (including phenoxy) is 2. The molecule has 0 amide bonds. The number of phenolic OH excluding ortho intramolecular Hbond substituents is 1. The van der Waals surface area contributed by atoms with Crippen LogP contribution in [0.25, 0.3) is 0 Å². The Kier molecular flexibility index (Phi) is 5.21. The lowest BCUT2D eigenvalue weighted by Crippen LogP contribution is -1.96. The number of para-hydroxylation sites is 2. The third-order valence-corrected chi connectivity index (χ3v) is 3.01. The van der Waals surface area contributed by atoms with Crippen LogP contribution in [-0.2, 0) is 6.54 Å². The van der Waals surface area contributed by atoms with E-state index in [0.717, 1.165) is 11.3 Å². The summed E-state index contributed by atoms with van der Waals surface area (Å²) in [4.78, 5) is 4.37. The Bertz CT molecular complexity index is 623. The summed E-state index contributed by atoms with van der Waals surface area (Å²) in [6.07, 6.45) is 1.64. The second kappa shape index (κ2) is 7.33. The summed E-state index contributed by atoms with van der Waals surface area (Å²) in [5, 5.41) is 9.98. The van der Waals surface area contributed by atoms with Crippen LogP contribution in [-0.4, -0.2) is 25.0 Å². The monoisotopic (exact) mass is 285 g/mol. The fourth-order valence-corrected chi connectivity index (χ4v) is 1.98. The van der Waals surface area contributed by atoms with E-state index in [1.54, 1.807) is 18.3 Å². The molecule has 4 heteroatoms. The number of nitrogens with zero attached hydrogens (tertiary/aromatic N) is 1. The third-order valence-electron chi connectivity index (χ3n) is 3.01. The molecule has 0 heterocycles. The van der Waals surface area contributed by atoms with E-state index in [-0.39, 0.29) is 5.75 Å². The minimum Gasteiger partial charge on any atom is -0.504 e. The zero-order valence-corrected chi connectivity index (χ0v) is 12.2. The highest BCUT2D eigenvalue weighted by Gasteiger charge is 2.05. The van der Waals surface area contributed by atoms with Gasteiger partial charge in [0.25, 0.3) is 0 Å². The normalized spacial score (nSPS) is 10.8. The maximum Gasteiger partial charge on any atom is 0.166 e. The molecule has 0 fully saturated rings. The fraction of sp³-hybridized carbons (Fsp3) is 0.235. The molecule has 0 spiro atoms. The van der Waals surface area contributed by atoms with Crippen LogP contribution >= 0.6 is 0 Å². The van der Waals surface area contributed by atoms with Crippen molar-refractivity contribution in [3.8, 4) is 17.2 Å². The average molecular weight is 285 g/mol. The van der Waals surface area contributed by atoms with Crippen LogP contribution in [0.3, 0.4) is 0 Å². The van der Waals surface area contributed by atoms with E-state index in [9.17, 15) is 5.11 Å². The lowest BCUT2D eigenvalue weighted by molar-refractivity contribution is 0.336. The molecular weight excluding hydrogens is 266 g/mol. The molecule has 0 aliphatic rings. The molecule has 2 rings (SSSR count). The van der Waals surface area contributed by atoms with Gasteiger partial charge in [-0.05, 0) is 25.1 Å². The first kappa shape index (κ1) is 14.9. The number of hydrogen-bond donors (Lipinski definition) is 1. The molecular formula is C17H19NO3. The molecule has 0 radical (unpaired) electrons. The van der Waals surface area contributed by atoms with E-state index >= 15 is 0 Å². The number of rotatable bonds is 6. The van der Waals surface area contributed by atoms with Gasteiger partial charge in [0, 0.05) is 17.3 Å². The molecule has 2 aromatic carbocycles. The first-order chi connectivity index (χ1) is 10.3. The number of benzene rings is 2. The van der Waals surface area contributed by atoms with Gasteiger partial charge in [0.05, 0.1) is 20.3 Å². The molecule has 0 atom stereocenters. The number of phenols is 1. The summed E-state index contributed by atoms with van der Waals surface area (Å²) < 4.78 is 10.6. The predicted octanol–water partition coefficient (Wildman–Crippen LogP) is 3.42. The Labute approximate surface area is 124 Å². The van der Waals surface area contributed by atoms with E-state index in [1.165, 1.54) is 7.11 Å². The highest BCUT2D eigenvalue weighted by molar-refractivity contribution is 5.84. The number of aliphatic imine (C=N–C) groups is 1. The van der Waals surface area contributed by atoms with Gasteiger partial charge in [-0.25, -0.2) is 0 Å². The summed E-state index contributed by atoms with van der Waals surface area (Å²) in [6.45, 7) is 3.07. The topological polar surface area (TPSA) is 51.0 Å². The van der Waals surface area contributed by atoms with Crippen LogP contribution in [0.2, 0.25) is 0 Å². The van der Waals surface area contributed by atoms with Gasteiger partial charge in [-0.1, -0.05) is 24.3 Å². The molecule has 0 saturated heterocycles. The van der Waals surface area contributed by atoms with Crippen LogP contribution in [0.5, 0.6) is 17.2 Å². The minimum absolute atomic E-state index is 0.0989. The van der Waals surface area contributed by atoms with Crippen LogP contribution in [0, 0.1) is 0 Å². The minimum atomic E-state index is 0.0989. The van der Waals surface area contributed by atoms with Crippen molar-refractivity contribution in [3.05, 3.63) is 53.6 Å². The van der Waals surface area contributed by atoms with Gasteiger partial charge in [0.1, 0.15) is 5.75 Å². The fourth-order valence-electron chi connectivity index (χ4n) is 1.98. The third kappa shape index (κ3) is 3.75. The first-order valence-corrected chi connectivity index (χ1v) is 6.82. The Morgan fingerprint density at radius 1 is 1.10 bits per heavy atom. The van der Waals surface area contributed by atoms with Gasteiger partial charge in [-0.3, -0.25) is 4.99 Å². The molecule has 0 aliphatic heterocycles. The molecule has 2 aromatic rings. The van der Waals surface area contributed by atoms with Crippen LogP contribution in [0.15, 0.2) is 47.5 Å². The van der Waals surface area contributed by atoms with E-state index < -0.39 is 0 Å². The SMILES string of the molecule is CCOc1ccccc1CN=Cc1cccc(OC)c1O. The van der Waals surface area contributed by atoms with Crippen LogP contribution in [0.1, 0.15) is 18.1 Å². The highest BCUT2D eigenvalue weighted by Crippen LogP contribution is 2.28. The average Bonchev–Trinajstić information content (AvgIpc) is 2.51. The Hall–Kier alpha value is -2.49. The van der Waals surface area contributed by atoms with E-state index in [2.05, 4.69) is 4.99 Å². The molecule has 0 aromatic heterocycles. The van der Waals surface area contributed by atoms with Crippen molar-refractivity contribution in [2.24, 2.45) is 4.99 Å². The van der Waals surface area contributed by atoms with E-state index in [1.807, 2.05) is 37.3 Å². The van der Waals surface area contributed by atoms with Gasteiger partial charge in [0.15, 0.2) is 11.5 Å². The quantitative estimate of drug-likeness (QED) is 0.827. The molecule has 21 heavy (non-hydrogen) atoms. The van der Waals surface area contributed by atoms with Gasteiger partial charge >= 0.3 is 0 Å². The second-order valence-electron chi connectivity index (χ2n) is 4.41. The summed E-state index contributed by atoms with van der Waals surface area (Å²) in [7, 11) is 1.52. The molecule has 0 unspecified atom stereocenters. The molecule has 0 saturated carbocycles. The van der Waals surface area contributed by atoms with Crippen molar-refractivity contribution in [1.29, 1.82) is 0 Å². The van der Waals surface area contributed by atoms with E-state index in [4.69, 9.17) is 9.47 Å². The van der Waals surface area contributed by atoms with Crippen molar-refractivity contribution >= 4 is 6.21 Å². The smallest absolute Gasteiger partial charge is 0.166 e. The van der Waals surface area contributed by atoms with Crippen molar-refractivity contribution in [1.82, 2.24) is 0 Å². The van der Waals surface area contributed by atoms with Gasteiger partial charge in [-0.15, -0.1) is 0 Å². The molecule has 110 valence electrons. The number of aromatic hydroxyl groups is 1. The van der Waals surface area contributed by atoms with Gasteiger partial charge < -0.3 is 14.6 Å².